The Hall–Kier alpha value is -0.360. The highest BCUT2D eigenvalue weighted by Crippen LogP contribution is 2.30. The SMILES string of the molecule is OC1(CN2CCOC(c3ccc(Cl)c(Cl)c3)C2)CCOCC1. The molecular weight excluding hydrogens is 325 g/mol. The van der Waals surface area contributed by atoms with Crippen LogP contribution < -0.4 is 0 Å². The van der Waals surface area contributed by atoms with Gasteiger partial charge in [0.25, 0.3) is 0 Å². The third-order valence-electron chi connectivity index (χ3n) is 4.41. The van der Waals surface area contributed by atoms with Gasteiger partial charge in [-0.05, 0) is 17.7 Å². The average Bonchev–Trinajstić information content (AvgIpc) is 2.50. The van der Waals surface area contributed by atoms with Crippen molar-refractivity contribution in [3.05, 3.63) is 33.8 Å². The van der Waals surface area contributed by atoms with Gasteiger partial charge >= 0.3 is 0 Å². The molecule has 22 heavy (non-hydrogen) atoms. The van der Waals surface area contributed by atoms with Gasteiger partial charge < -0.3 is 14.6 Å². The molecule has 0 radical (unpaired) electrons. The van der Waals surface area contributed by atoms with Gasteiger partial charge in [-0.2, -0.15) is 0 Å². The molecule has 0 bridgehead atoms. The molecule has 1 aromatic rings. The fraction of sp³-hybridized carbons (Fsp3) is 0.625. The summed E-state index contributed by atoms with van der Waals surface area (Å²) in [5, 5.41) is 11.8. The van der Waals surface area contributed by atoms with Crippen LogP contribution in [0.5, 0.6) is 0 Å². The van der Waals surface area contributed by atoms with Gasteiger partial charge in [0.1, 0.15) is 0 Å². The van der Waals surface area contributed by atoms with Crippen LogP contribution in [0.15, 0.2) is 18.2 Å². The predicted octanol–water partition coefficient (Wildman–Crippen LogP) is 2.91. The molecule has 0 saturated carbocycles. The molecule has 4 nitrogen and oxygen atoms in total. The van der Waals surface area contributed by atoms with Gasteiger partial charge in [0.2, 0.25) is 0 Å². The van der Waals surface area contributed by atoms with Crippen molar-refractivity contribution >= 4 is 23.2 Å². The summed E-state index contributed by atoms with van der Waals surface area (Å²) in [6.45, 7) is 4.17. The van der Waals surface area contributed by atoms with Crippen LogP contribution in [0.25, 0.3) is 0 Å². The number of ether oxygens (including phenoxy) is 2. The smallest absolute Gasteiger partial charge is 0.0952 e. The Morgan fingerprint density at radius 2 is 1.95 bits per heavy atom. The Morgan fingerprint density at radius 1 is 1.18 bits per heavy atom. The van der Waals surface area contributed by atoms with E-state index >= 15 is 0 Å². The topological polar surface area (TPSA) is 41.9 Å². The molecule has 2 aliphatic rings. The van der Waals surface area contributed by atoms with E-state index in [0.717, 1.165) is 18.7 Å². The molecule has 2 fully saturated rings. The lowest BCUT2D eigenvalue weighted by Gasteiger charge is -2.40. The molecular formula is C16H21Cl2NO3. The van der Waals surface area contributed by atoms with E-state index in [2.05, 4.69) is 4.90 Å². The van der Waals surface area contributed by atoms with Crippen molar-refractivity contribution in [1.29, 1.82) is 0 Å². The summed E-state index contributed by atoms with van der Waals surface area (Å²) in [6.07, 6.45) is 1.36. The molecule has 0 amide bonds. The van der Waals surface area contributed by atoms with E-state index in [0.29, 0.717) is 49.3 Å². The summed E-state index contributed by atoms with van der Waals surface area (Å²) in [5.74, 6) is 0. The highest BCUT2D eigenvalue weighted by Gasteiger charge is 2.34. The third kappa shape index (κ3) is 3.94. The number of rotatable bonds is 3. The molecule has 3 rings (SSSR count). The van der Waals surface area contributed by atoms with Crippen molar-refractivity contribution in [1.82, 2.24) is 4.90 Å². The molecule has 6 heteroatoms. The van der Waals surface area contributed by atoms with E-state index in [4.69, 9.17) is 32.7 Å². The van der Waals surface area contributed by atoms with Crippen molar-refractivity contribution in [3.63, 3.8) is 0 Å². The first-order valence-corrected chi connectivity index (χ1v) is 8.40. The lowest BCUT2D eigenvalue weighted by atomic mass is 9.93. The van der Waals surface area contributed by atoms with E-state index in [1.54, 1.807) is 6.07 Å². The van der Waals surface area contributed by atoms with Crippen molar-refractivity contribution in [2.45, 2.75) is 24.5 Å². The minimum Gasteiger partial charge on any atom is -0.388 e. The lowest BCUT2D eigenvalue weighted by molar-refractivity contribution is -0.103. The molecule has 0 aromatic heterocycles. The normalized spacial score (nSPS) is 26.0. The van der Waals surface area contributed by atoms with Crippen molar-refractivity contribution in [2.75, 3.05) is 39.5 Å². The van der Waals surface area contributed by atoms with Crippen molar-refractivity contribution in [3.8, 4) is 0 Å². The molecule has 1 N–H and O–H groups in total. The molecule has 2 saturated heterocycles. The second kappa shape index (κ2) is 7.04. The number of hydrogen-bond donors (Lipinski definition) is 1. The van der Waals surface area contributed by atoms with Gasteiger partial charge in [0, 0.05) is 45.7 Å². The first-order chi connectivity index (χ1) is 10.6. The molecule has 1 aromatic carbocycles. The largest absolute Gasteiger partial charge is 0.388 e. The van der Waals surface area contributed by atoms with Crippen molar-refractivity contribution in [2.24, 2.45) is 0 Å². The summed E-state index contributed by atoms with van der Waals surface area (Å²) in [7, 11) is 0. The van der Waals surface area contributed by atoms with E-state index in [-0.39, 0.29) is 6.10 Å². The fourth-order valence-electron chi connectivity index (χ4n) is 3.09. The summed E-state index contributed by atoms with van der Waals surface area (Å²) in [4.78, 5) is 2.27. The number of halogens is 2. The zero-order valence-electron chi connectivity index (χ0n) is 12.4. The fourth-order valence-corrected chi connectivity index (χ4v) is 3.39. The van der Waals surface area contributed by atoms with Crippen LogP contribution in [0, 0.1) is 0 Å². The summed E-state index contributed by atoms with van der Waals surface area (Å²) in [6, 6.07) is 5.61. The van der Waals surface area contributed by atoms with Gasteiger partial charge in [0.05, 0.1) is 28.4 Å². The summed E-state index contributed by atoms with van der Waals surface area (Å²) < 4.78 is 11.2. The Labute approximate surface area is 140 Å². The third-order valence-corrected chi connectivity index (χ3v) is 5.15. The zero-order chi connectivity index (χ0) is 15.6. The number of morpholine rings is 1. The first kappa shape index (κ1) is 16.5. The Kier molecular flexibility index (Phi) is 5.28. The van der Waals surface area contributed by atoms with Crippen LogP contribution in [-0.2, 0) is 9.47 Å². The van der Waals surface area contributed by atoms with E-state index in [1.807, 2.05) is 12.1 Å². The van der Waals surface area contributed by atoms with Crippen LogP contribution >= 0.6 is 23.2 Å². The lowest BCUT2D eigenvalue weighted by Crippen LogP contribution is -2.50. The molecule has 1 atom stereocenters. The van der Waals surface area contributed by atoms with E-state index in [1.165, 1.54) is 0 Å². The monoisotopic (exact) mass is 345 g/mol. The maximum atomic E-state index is 10.7. The molecule has 0 aliphatic carbocycles. The molecule has 0 spiro atoms. The Bertz CT molecular complexity index is 520. The van der Waals surface area contributed by atoms with Crippen LogP contribution in [0.3, 0.4) is 0 Å². The maximum Gasteiger partial charge on any atom is 0.0952 e. The number of β-amino-alcohol motifs (C(OH)–C–C–N with tert-alkyl or cyclic N) is 1. The average molecular weight is 346 g/mol. The molecule has 2 aliphatic heterocycles. The predicted molar refractivity (Wildman–Crippen MR) is 86.6 cm³/mol. The minimum atomic E-state index is -0.641. The second-order valence-electron chi connectivity index (χ2n) is 6.10. The van der Waals surface area contributed by atoms with Gasteiger partial charge in [-0.25, -0.2) is 0 Å². The number of aliphatic hydroxyl groups is 1. The van der Waals surface area contributed by atoms with Gasteiger partial charge in [-0.1, -0.05) is 29.3 Å². The van der Waals surface area contributed by atoms with E-state index < -0.39 is 5.60 Å². The highest BCUT2D eigenvalue weighted by molar-refractivity contribution is 6.42. The Balaban J connectivity index is 1.64. The van der Waals surface area contributed by atoms with Gasteiger partial charge in [0.15, 0.2) is 0 Å². The summed E-state index contributed by atoms with van der Waals surface area (Å²) in [5.41, 5.74) is 0.385. The number of hydrogen-bond acceptors (Lipinski definition) is 4. The van der Waals surface area contributed by atoms with Crippen LogP contribution in [0.2, 0.25) is 10.0 Å². The Morgan fingerprint density at radius 3 is 2.68 bits per heavy atom. The highest BCUT2D eigenvalue weighted by atomic mass is 35.5. The summed E-state index contributed by atoms with van der Waals surface area (Å²) >= 11 is 12.1. The zero-order valence-corrected chi connectivity index (χ0v) is 13.9. The standard InChI is InChI=1S/C16H21Cl2NO3/c17-13-2-1-12(9-14(13)18)15-10-19(5-8-22-15)11-16(20)3-6-21-7-4-16/h1-2,9,15,20H,3-8,10-11H2. The molecule has 122 valence electrons. The van der Waals surface area contributed by atoms with Crippen molar-refractivity contribution < 1.29 is 14.6 Å². The van der Waals surface area contributed by atoms with Gasteiger partial charge in [-0.15, -0.1) is 0 Å². The number of benzene rings is 1. The second-order valence-corrected chi connectivity index (χ2v) is 6.92. The maximum absolute atomic E-state index is 10.7. The van der Waals surface area contributed by atoms with Crippen LogP contribution in [-0.4, -0.2) is 55.1 Å². The quantitative estimate of drug-likeness (QED) is 0.914. The van der Waals surface area contributed by atoms with Gasteiger partial charge in [-0.3, -0.25) is 4.90 Å². The minimum absolute atomic E-state index is 0.0352. The first-order valence-electron chi connectivity index (χ1n) is 7.65. The van der Waals surface area contributed by atoms with Crippen LogP contribution in [0.1, 0.15) is 24.5 Å². The molecule has 2 heterocycles. The number of nitrogens with zero attached hydrogens (tertiary/aromatic N) is 1. The molecule has 1 unspecified atom stereocenters. The van der Waals surface area contributed by atoms with E-state index in [9.17, 15) is 5.11 Å². The van der Waals surface area contributed by atoms with Crippen LogP contribution in [0.4, 0.5) is 0 Å².